The number of aliphatic hydroxyl groups excluding tert-OH is 1. The summed E-state index contributed by atoms with van der Waals surface area (Å²) in [5, 5.41) is 13.6. The van der Waals surface area contributed by atoms with Crippen LogP contribution in [-0.4, -0.2) is 30.3 Å². The van der Waals surface area contributed by atoms with Crippen LogP contribution < -0.4 is 10.1 Å². The number of aromatic nitrogens is 1. The Kier molecular flexibility index (Phi) is 5.26. The molecule has 1 aliphatic rings. The second-order valence-corrected chi connectivity index (χ2v) is 6.01. The number of hydrogen-bond donors (Lipinski definition) is 2. The van der Waals surface area contributed by atoms with E-state index in [0.29, 0.717) is 6.54 Å². The molecule has 122 valence electrons. The van der Waals surface area contributed by atoms with Gasteiger partial charge < -0.3 is 15.2 Å². The quantitative estimate of drug-likeness (QED) is 0.771. The van der Waals surface area contributed by atoms with Crippen molar-refractivity contribution in [2.75, 3.05) is 20.2 Å². The van der Waals surface area contributed by atoms with Gasteiger partial charge in [0.25, 0.3) is 0 Å². The van der Waals surface area contributed by atoms with Crippen LogP contribution in [0.1, 0.15) is 35.0 Å². The van der Waals surface area contributed by atoms with Crippen molar-refractivity contribution >= 4 is 0 Å². The molecule has 0 radical (unpaired) electrons. The number of fused-ring (bicyclic) bond motifs is 1. The third kappa shape index (κ3) is 4.09. The van der Waals surface area contributed by atoms with Crippen molar-refractivity contribution in [3.8, 4) is 5.75 Å². The van der Waals surface area contributed by atoms with E-state index in [1.807, 2.05) is 18.2 Å². The summed E-state index contributed by atoms with van der Waals surface area (Å²) in [6.45, 7) is 1.36. The second kappa shape index (κ2) is 7.57. The van der Waals surface area contributed by atoms with Gasteiger partial charge in [0.1, 0.15) is 11.9 Å². The average molecular weight is 312 g/mol. The van der Waals surface area contributed by atoms with E-state index in [2.05, 4.69) is 28.5 Å². The molecule has 3 rings (SSSR count). The molecule has 1 aliphatic carbocycles. The molecule has 0 unspecified atom stereocenters. The summed E-state index contributed by atoms with van der Waals surface area (Å²) >= 11 is 0. The van der Waals surface area contributed by atoms with Crippen LogP contribution in [0.3, 0.4) is 0 Å². The second-order valence-electron chi connectivity index (χ2n) is 6.01. The normalized spacial score (nSPS) is 14.5. The molecular formula is C19H24N2O2. The Morgan fingerprint density at radius 2 is 2.00 bits per heavy atom. The van der Waals surface area contributed by atoms with Crippen molar-refractivity contribution in [2.24, 2.45) is 0 Å². The minimum absolute atomic E-state index is 0.530. The number of nitrogens with one attached hydrogen (secondary N) is 1. The van der Waals surface area contributed by atoms with Gasteiger partial charge in [-0.15, -0.1) is 0 Å². The van der Waals surface area contributed by atoms with Gasteiger partial charge in [-0.2, -0.15) is 0 Å². The van der Waals surface area contributed by atoms with Crippen LogP contribution in [0, 0.1) is 0 Å². The average Bonchev–Trinajstić information content (AvgIpc) is 3.06. The highest BCUT2D eigenvalue weighted by Gasteiger charge is 2.15. The van der Waals surface area contributed by atoms with Crippen LogP contribution in [0.2, 0.25) is 0 Å². The Bertz CT molecular complexity index is 640. The number of ether oxygens (including phenoxy) is 1. The first-order chi connectivity index (χ1) is 11.3. The van der Waals surface area contributed by atoms with Crippen LogP contribution in [0.15, 0.2) is 36.4 Å². The predicted molar refractivity (Wildman–Crippen MR) is 90.8 cm³/mol. The van der Waals surface area contributed by atoms with E-state index < -0.39 is 6.10 Å². The van der Waals surface area contributed by atoms with Crippen molar-refractivity contribution in [3.63, 3.8) is 0 Å². The minimum Gasteiger partial charge on any atom is -0.497 e. The Labute approximate surface area is 137 Å². The lowest BCUT2D eigenvalue weighted by atomic mass is 10.1. The molecule has 4 nitrogen and oxygen atoms in total. The fraction of sp³-hybridized carbons (Fsp3) is 0.421. The van der Waals surface area contributed by atoms with Gasteiger partial charge in [0.05, 0.1) is 12.8 Å². The maximum Gasteiger partial charge on any atom is 0.118 e. The molecule has 1 heterocycles. The number of pyridine rings is 1. The largest absolute Gasteiger partial charge is 0.497 e. The van der Waals surface area contributed by atoms with Crippen LogP contribution in [-0.2, 0) is 19.3 Å². The van der Waals surface area contributed by atoms with Gasteiger partial charge in [0, 0.05) is 12.2 Å². The molecule has 0 spiro atoms. The van der Waals surface area contributed by atoms with Crippen LogP contribution in [0.5, 0.6) is 5.75 Å². The monoisotopic (exact) mass is 312 g/mol. The van der Waals surface area contributed by atoms with Crippen molar-refractivity contribution in [2.45, 2.75) is 31.8 Å². The van der Waals surface area contributed by atoms with Crippen molar-refractivity contribution < 1.29 is 9.84 Å². The maximum atomic E-state index is 10.3. The first-order valence-corrected chi connectivity index (χ1v) is 8.26. The summed E-state index contributed by atoms with van der Waals surface area (Å²) in [5.74, 6) is 0.875. The highest BCUT2D eigenvalue weighted by atomic mass is 16.5. The van der Waals surface area contributed by atoms with E-state index in [0.717, 1.165) is 37.3 Å². The third-order valence-electron chi connectivity index (χ3n) is 4.38. The first-order valence-electron chi connectivity index (χ1n) is 8.26. The molecule has 0 aliphatic heterocycles. The van der Waals surface area contributed by atoms with E-state index in [-0.39, 0.29) is 0 Å². The van der Waals surface area contributed by atoms with Gasteiger partial charge in [0.15, 0.2) is 0 Å². The summed E-state index contributed by atoms with van der Waals surface area (Å²) in [6, 6.07) is 12.2. The fourth-order valence-electron chi connectivity index (χ4n) is 2.99. The van der Waals surface area contributed by atoms with Gasteiger partial charge in [-0.1, -0.05) is 18.2 Å². The number of rotatable bonds is 7. The Hall–Kier alpha value is -1.91. The third-order valence-corrected chi connectivity index (χ3v) is 4.38. The SMILES string of the molecule is COc1ccc(CCNC[C@H](O)c2ccc3c(n2)CCC3)cc1. The molecule has 23 heavy (non-hydrogen) atoms. The summed E-state index contributed by atoms with van der Waals surface area (Å²) < 4.78 is 5.15. The highest BCUT2D eigenvalue weighted by molar-refractivity contribution is 5.28. The summed E-state index contributed by atoms with van der Waals surface area (Å²) in [6.07, 6.45) is 3.73. The zero-order chi connectivity index (χ0) is 16.1. The standard InChI is InChI=1S/C19H24N2O2/c1-23-16-8-5-14(6-9-16)11-12-20-13-19(22)18-10-7-15-3-2-4-17(15)21-18/h5-10,19-20,22H,2-4,11-13H2,1H3/t19-/m0/s1. The zero-order valence-corrected chi connectivity index (χ0v) is 13.6. The van der Waals surface area contributed by atoms with Crippen LogP contribution in [0.25, 0.3) is 0 Å². The number of aliphatic hydroxyl groups is 1. The minimum atomic E-state index is -0.545. The summed E-state index contributed by atoms with van der Waals surface area (Å²) in [4.78, 5) is 4.61. The van der Waals surface area contributed by atoms with Crippen LogP contribution >= 0.6 is 0 Å². The molecule has 4 heteroatoms. The topological polar surface area (TPSA) is 54.4 Å². The summed E-state index contributed by atoms with van der Waals surface area (Å²) in [5.41, 5.74) is 4.54. The van der Waals surface area contributed by atoms with Gasteiger partial charge >= 0.3 is 0 Å². The molecule has 0 bridgehead atoms. The molecule has 1 aromatic carbocycles. The summed E-state index contributed by atoms with van der Waals surface area (Å²) in [7, 11) is 1.67. The molecular weight excluding hydrogens is 288 g/mol. The van der Waals surface area contributed by atoms with Gasteiger partial charge in [-0.3, -0.25) is 4.98 Å². The van der Waals surface area contributed by atoms with E-state index in [1.54, 1.807) is 7.11 Å². The van der Waals surface area contributed by atoms with E-state index in [9.17, 15) is 5.11 Å². The smallest absolute Gasteiger partial charge is 0.118 e. The lowest BCUT2D eigenvalue weighted by Crippen LogP contribution is -2.24. The molecule has 0 saturated carbocycles. The zero-order valence-electron chi connectivity index (χ0n) is 13.6. The van der Waals surface area contributed by atoms with Gasteiger partial charge in [-0.25, -0.2) is 0 Å². The van der Waals surface area contributed by atoms with E-state index in [1.165, 1.54) is 23.2 Å². The molecule has 1 atom stereocenters. The van der Waals surface area contributed by atoms with E-state index in [4.69, 9.17) is 4.74 Å². The first kappa shape index (κ1) is 16.0. The Morgan fingerprint density at radius 1 is 1.17 bits per heavy atom. The lowest BCUT2D eigenvalue weighted by Gasteiger charge is -2.13. The predicted octanol–water partition coefficient (Wildman–Crippen LogP) is 2.44. The Balaban J connectivity index is 1.44. The van der Waals surface area contributed by atoms with Crippen molar-refractivity contribution in [1.82, 2.24) is 10.3 Å². The fourth-order valence-corrected chi connectivity index (χ4v) is 2.99. The molecule has 0 amide bonds. The van der Waals surface area contributed by atoms with Crippen LogP contribution in [0.4, 0.5) is 0 Å². The molecule has 1 aromatic heterocycles. The number of aryl methyl sites for hydroxylation is 2. The molecule has 0 fully saturated rings. The Morgan fingerprint density at radius 3 is 2.78 bits per heavy atom. The number of hydrogen-bond acceptors (Lipinski definition) is 4. The number of methoxy groups -OCH3 is 1. The van der Waals surface area contributed by atoms with Gasteiger partial charge in [-0.05, 0) is 61.6 Å². The van der Waals surface area contributed by atoms with Crippen molar-refractivity contribution in [3.05, 3.63) is 58.9 Å². The number of nitrogens with zero attached hydrogens (tertiary/aromatic N) is 1. The highest BCUT2D eigenvalue weighted by Crippen LogP contribution is 2.22. The van der Waals surface area contributed by atoms with E-state index >= 15 is 0 Å². The molecule has 2 aromatic rings. The molecule has 0 saturated heterocycles. The van der Waals surface area contributed by atoms with Gasteiger partial charge in [0.2, 0.25) is 0 Å². The van der Waals surface area contributed by atoms with Crippen molar-refractivity contribution in [1.29, 1.82) is 0 Å². The lowest BCUT2D eigenvalue weighted by molar-refractivity contribution is 0.170. The molecule has 2 N–H and O–H groups in total. The number of benzene rings is 1. The maximum absolute atomic E-state index is 10.3.